The van der Waals surface area contributed by atoms with Crippen molar-refractivity contribution >= 4 is 11.6 Å². The van der Waals surface area contributed by atoms with Crippen LogP contribution in [0, 0.1) is 11.6 Å². The molecule has 1 N–H and O–H groups in total. The summed E-state index contributed by atoms with van der Waals surface area (Å²) >= 11 is 0. The molecule has 0 saturated carbocycles. The molecule has 1 atom stereocenters. The van der Waals surface area contributed by atoms with Gasteiger partial charge in [-0.05, 0) is 19.1 Å². The first-order valence-electron chi connectivity index (χ1n) is 9.10. The quantitative estimate of drug-likeness (QED) is 0.644. The third-order valence-corrected chi connectivity index (χ3v) is 4.49. The molecule has 0 bridgehead atoms. The second-order valence-electron chi connectivity index (χ2n) is 6.33. The van der Waals surface area contributed by atoms with Crippen LogP contribution >= 0.6 is 0 Å². The SMILES string of the molecule is CCNC(=NCC1COCCO1)N1CCN(c2cc(F)ccc2F)CC1. The van der Waals surface area contributed by atoms with Crippen LogP contribution in [0.3, 0.4) is 0 Å². The fourth-order valence-electron chi connectivity index (χ4n) is 3.14. The molecule has 2 saturated heterocycles. The maximum Gasteiger partial charge on any atom is 0.194 e. The van der Waals surface area contributed by atoms with Gasteiger partial charge in [-0.2, -0.15) is 0 Å². The average Bonchev–Trinajstić information content (AvgIpc) is 2.68. The summed E-state index contributed by atoms with van der Waals surface area (Å²) in [7, 11) is 0. The molecule has 2 aliphatic rings. The Morgan fingerprint density at radius 1 is 1.23 bits per heavy atom. The molecule has 0 radical (unpaired) electrons. The fraction of sp³-hybridized carbons (Fsp3) is 0.611. The molecule has 2 fully saturated rings. The van der Waals surface area contributed by atoms with Crippen molar-refractivity contribution < 1.29 is 18.3 Å². The van der Waals surface area contributed by atoms with Crippen molar-refractivity contribution in [2.24, 2.45) is 4.99 Å². The van der Waals surface area contributed by atoms with Crippen molar-refractivity contribution in [2.75, 3.05) is 64.0 Å². The van der Waals surface area contributed by atoms with E-state index in [1.165, 1.54) is 12.1 Å². The number of hydrogen-bond donors (Lipinski definition) is 1. The monoisotopic (exact) mass is 368 g/mol. The number of piperazine rings is 1. The number of guanidine groups is 1. The summed E-state index contributed by atoms with van der Waals surface area (Å²) in [5.74, 6) is 0.00402. The van der Waals surface area contributed by atoms with Crippen LogP contribution in [0.15, 0.2) is 23.2 Å². The van der Waals surface area contributed by atoms with E-state index in [1.807, 2.05) is 11.8 Å². The predicted molar refractivity (Wildman–Crippen MR) is 96.7 cm³/mol. The predicted octanol–water partition coefficient (Wildman–Crippen LogP) is 1.47. The van der Waals surface area contributed by atoms with Gasteiger partial charge < -0.3 is 24.6 Å². The molecule has 0 aromatic heterocycles. The molecule has 3 rings (SSSR count). The summed E-state index contributed by atoms with van der Waals surface area (Å²) in [6, 6.07) is 3.57. The number of anilines is 1. The van der Waals surface area contributed by atoms with Crippen molar-refractivity contribution in [1.82, 2.24) is 10.2 Å². The topological polar surface area (TPSA) is 49.3 Å². The van der Waals surface area contributed by atoms with Gasteiger partial charge in [0.15, 0.2) is 5.96 Å². The molecule has 1 unspecified atom stereocenters. The van der Waals surface area contributed by atoms with Crippen LogP contribution in [-0.2, 0) is 9.47 Å². The van der Waals surface area contributed by atoms with Gasteiger partial charge in [0.05, 0.1) is 32.1 Å². The molecule has 1 aromatic rings. The van der Waals surface area contributed by atoms with Crippen LogP contribution in [0.25, 0.3) is 0 Å². The Balaban J connectivity index is 1.59. The zero-order valence-corrected chi connectivity index (χ0v) is 15.1. The van der Waals surface area contributed by atoms with Gasteiger partial charge in [-0.25, -0.2) is 8.78 Å². The maximum atomic E-state index is 14.0. The highest BCUT2D eigenvalue weighted by atomic mass is 19.1. The van der Waals surface area contributed by atoms with Crippen LogP contribution in [0.4, 0.5) is 14.5 Å². The number of aliphatic imine (C=N–C) groups is 1. The highest BCUT2D eigenvalue weighted by Crippen LogP contribution is 2.22. The van der Waals surface area contributed by atoms with E-state index in [4.69, 9.17) is 9.47 Å². The van der Waals surface area contributed by atoms with Gasteiger partial charge in [-0.15, -0.1) is 0 Å². The molecule has 2 aliphatic heterocycles. The molecular weight excluding hydrogens is 342 g/mol. The number of benzene rings is 1. The van der Waals surface area contributed by atoms with Gasteiger partial charge >= 0.3 is 0 Å². The van der Waals surface area contributed by atoms with Crippen LogP contribution in [0.1, 0.15) is 6.92 Å². The number of hydrogen-bond acceptors (Lipinski definition) is 4. The molecule has 2 heterocycles. The number of nitrogens with one attached hydrogen (secondary N) is 1. The van der Waals surface area contributed by atoms with E-state index >= 15 is 0 Å². The van der Waals surface area contributed by atoms with E-state index in [0.717, 1.165) is 18.6 Å². The van der Waals surface area contributed by atoms with Gasteiger partial charge in [0, 0.05) is 38.8 Å². The largest absolute Gasteiger partial charge is 0.376 e. The molecule has 0 aliphatic carbocycles. The highest BCUT2D eigenvalue weighted by molar-refractivity contribution is 5.80. The lowest BCUT2D eigenvalue weighted by molar-refractivity contribution is -0.0833. The average molecular weight is 368 g/mol. The second-order valence-corrected chi connectivity index (χ2v) is 6.33. The van der Waals surface area contributed by atoms with E-state index in [-0.39, 0.29) is 6.10 Å². The molecule has 26 heavy (non-hydrogen) atoms. The highest BCUT2D eigenvalue weighted by Gasteiger charge is 2.22. The zero-order chi connectivity index (χ0) is 18.4. The smallest absolute Gasteiger partial charge is 0.194 e. The molecule has 0 amide bonds. The lowest BCUT2D eigenvalue weighted by Crippen LogP contribution is -2.53. The van der Waals surface area contributed by atoms with Gasteiger partial charge in [-0.3, -0.25) is 4.99 Å². The van der Waals surface area contributed by atoms with Crippen LogP contribution in [0.2, 0.25) is 0 Å². The minimum absolute atomic E-state index is 0.0138. The number of halogens is 2. The lowest BCUT2D eigenvalue weighted by atomic mass is 10.2. The number of ether oxygens (including phenoxy) is 2. The Morgan fingerprint density at radius 2 is 2.04 bits per heavy atom. The molecule has 144 valence electrons. The summed E-state index contributed by atoms with van der Waals surface area (Å²) in [5, 5.41) is 3.29. The van der Waals surface area contributed by atoms with Crippen LogP contribution < -0.4 is 10.2 Å². The Hall–Kier alpha value is -1.93. The third kappa shape index (κ3) is 4.82. The molecule has 1 aromatic carbocycles. The minimum Gasteiger partial charge on any atom is -0.376 e. The van der Waals surface area contributed by atoms with Crippen LogP contribution in [-0.4, -0.2) is 76.1 Å². The van der Waals surface area contributed by atoms with E-state index < -0.39 is 11.6 Å². The van der Waals surface area contributed by atoms with Crippen molar-refractivity contribution in [2.45, 2.75) is 13.0 Å². The van der Waals surface area contributed by atoms with Crippen molar-refractivity contribution in [3.63, 3.8) is 0 Å². The lowest BCUT2D eigenvalue weighted by Gasteiger charge is -2.38. The normalized spacial score (nSPS) is 21.8. The third-order valence-electron chi connectivity index (χ3n) is 4.49. The van der Waals surface area contributed by atoms with Gasteiger partial charge in [0.1, 0.15) is 17.7 Å². The number of rotatable bonds is 4. The molecule has 8 heteroatoms. The molecule has 0 spiro atoms. The summed E-state index contributed by atoms with van der Waals surface area (Å²) in [6.45, 7) is 7.72. The Bertz CT molecular complexity index is 615. The van der Waals surface area contributed by atoms with Crippen molar-refractivity contribution in [1.29, 1.82) is 0 Å². The van der Waals surface area contributed by atoms with Gasteiger partial charge in [0.2, 0.25) is 0 Å². The first kappa shape index (κ1) is 18.8. The zero-order valence-electron chi connectivity index (χ0n) is 15.1. The van der Waals surface area contributed by atoms with Crippen LogP contribution in [0.5, 0.6) is 0 Å². The van der Waals surface area contributed by atoms with Gasteiger partial charge in [0.25, 0.3) is 0 Å². The number of nitrogens with zero attached hydrogens (tertiary/aromatic N) is 3. The standard InChI is InChI=1S/C18H26F2N4O2/c1-2-21-18(22-12-15-13-25-9-10-26-15)24-7-5-23(6-8-24)17-11-14(19)3-4-16(17)20/h3-4,11,15H,2,5-10,12-13H2,1H3,(H,21,22). The Morgan fingerprint density at radius 3 is 2.73 bits per heavy atom. The van der Waals surface area contributed by atoms with E-state index in [9.17, 15) is 8.78 Å². The first-order valence-corrected chi connectivity index (χ1v) is 9.10. The molecule has 6 nitrogen and oxygen atoms in total. The van der Waals surface area contributed by atoms with Crippen molar-refractivity contribution in [3.05, 3.63) is 29.8 Å². The minimum atomic E-state index is -0.423. The fourth-order valence-corrected chi connectivity index (χ4v) is 3.14. The van der Waals surface area contributed by atoms with E-state index in [1.54, 1.807) is 0 Å². The first-order chi connectivity index (χ1) is 12.7. The summed E-state index contributed by atoms with van der Waals surface area (Å²) in [4.78, 5) is 8.68. The Kier molecular flexibility index (Phi) is 6.62. The van der Waals surface area contributed by atoms with Gasteiger partial charge in [-0.1, -0.05) is 0 Å². The summed E-state index contributed by atoms with van der Waals surface area (Å²) in [6.07, 6.45) is -0.0138. The summed E-state index contributed by atoms with van der Waals surface area (Å²) < 4.78 is 38.4. The summed E-state index contributed by atoms with van der Waals surface area (Å²) in [5.41, 5.74) is 0.319. The second kappa shape index (κ2) is 9.14. The van der Waals surface area contributed by atoms with Crippen molar-refractivity contribution in [3.8, 4) is 0 Å². The Labute approximate surface area is 152 Å². The molecular formula is C18H26F2N4O2. The van der Waals surface area contributed by atoms with E-state index in [0.29, 0.717) is 58.2 Å². The van der Waals surface area contributed by atoms with E-state index in [2.05, 4.69) is 15.2 Å². The maximum absolute atomic E-state index is 14.0.